The summed E-state index contributed by atoms with van der Waals surface area (Å²) in [4.78, 5) is 80.8. The molecule has 10 heteroatoms. The maximum Gasteiger partial charge on any atom is 0.342 e. The van der Waals surface area contributed by atoms with Gasteiger partial charge in [0, 0.05) is 0 Å². The molecule has 2 fully saturated rings. The average Bonchev–Trinajstić information content (AvgIpc) is 2.99. The summed E-state index contributed by atoms with van der Waals surface area (Å²) < 4.78 is 0. The zero-order valence-corrected chi connectivity index (χ0v) is 22.8. The molecule has 10 nitrogen and oxygen atoms in total. The summed E-state index contributed by atoms with van der Waals surface area (Å²) in [5.74, 6) is -2.35. The summed E-state index contributed by atoms with van der Waals surface area (Å²) in [7, 11) is 0. The monoisotopic (exact) mass is 572 g/mol. The maximum atomic E-state index is 13.2. The first-order valence-electron chi connectivity index (χ1n) is 13.5. The maximum absolute atomic E-state index is 13.2. The van der Waals surface area contributed by atoms with Gasteiger partial charge in [-0.3, -0.25) is 19.2 Å². The van der Waals surface area contributed by atoms with Gasteiger partial charge in [0.15, 0.2) is 0 Å². The SMILES string of the molecule is O=C1CC(=O)N(c2ccc(Cc3ccc(N4C(=O)CC(=O)N(c5ccccc5)C4=O)cc3)cc2)C(=O)N1c1ccccc1. The van der Waals surface area contributed by atoms with Gasteiger partial charge >= 0.3 is 12.1 Å². The van der Waals surface area contributed by atoms with Gasteiger partial charge in [-0.2, -0.15) is 0 Å². The third kappa shape index (κ3) is 5.17. The Hall–Kier alpha value is -5.90. The van der Waals surface area contributed by atoms with E-state index in [1.54, 1.807) is 109 Å². The van der Waals surface area contributed by atoms with Crippen LogP contribution in [0.25, 0.3) is 0 Å². The van der Waals surface area contributed by atoms with Crippen molar-refractivity contribution < 1.29 is 28.8 Å². The summed E-state index contributed by atoms with van der Waals surface area (Å²) in [6.45, 7) is 0. The average molecular weight is 573 g/mol. The van der Waals surface area contributed by atoms with Gasteiger partial charge in [0.1, 0.15) is 12.8 Å². The van der Waals surface area contributed by atoms with Gasteiger partial charge in [0.25, 0.3) is 0 Å². The number of hydrogen-bond acceptors (Lipinski definition) is 6. The molecule has 6 rings (SSSR count). The van der Waals surface area contributed by atoms with E-state index in [9.17, 15) is 28.8 Å². The van der Waals surface area contributed by atoms with Crippen LogP contribution in [0.3, 0.4) is 0 Å². The largest absolute Gasteiger partial charge is 0.342 e. The third-order valence-electron chi connectivity index (χ3n) is 7.19. The molecular formula is C33H24N4O6. The molecule has 0 bridgehead atoms. The molecule has 2 aliphatic rings. The summed E-state index contributed by atoms with van der Waals surface area (Å²) in [5, 5.41) is 0. The van der Waals surface area contributed by atoms with Crippen molar-refractivity contribution in [3.63, 3.8) is 0 Å². The molecule has 0 aliphatic carbocycles. The van der Waals surface area contributed by atoms with E-state index in [2.05, 4.69) is 0 Å². The number of amides is 8. The van der Waals surface area contributed by atoms with Crippen molar-refractivity contribution in [3.05, 3.63) is 120 Å². The number of para-hydroxylation sites is 2. The fraction of sp³-hybridized carbons (Fsp3) is 0.0909. The summed E-state index contributed by atoms with van der Waals surface area (Å²) >= 11 is 0. The van der Waals surface area contributed by atoms with Crippen molar-refractivity contribution in [2.75, 3.05) is 19.6 Å². The minimum absolute atomic E-state index is 0.349. The molecule has 0 spiro atoms. The molecule has 0 saturated carbocycles. The molecule has 4 aromatic carbocycles. The first-order chi connectivity index (χ1) is 20.8. The Morgan fingerprint density at radius 3 is 0.953 bits per heavy atom. The van der Waals surface area contributed by atoms with Crippen LogP contribution in [0.1, 0.15) is 24.0 Å². The van der Waals surface area contributed by atoms with E-state index in [1.807, 2.05) is 0 Å². The highest BCUT2D eigenvalue weighted by molar-refractivity contribution is 6.36. The van der Waals surface area contributed by atoms with Crippen LogP contribution in [0.4, 0.5) is 32.3 Å². The third-order valence-corrected chi connectivity index (χ3v) is 7.19. The summed E-state index contributed by atoms with van der Waals surface area (Å²) in [6, 6.07) is 29.2. The standard InChI is InChI=1S/C33H24N4O6/c38-28-20-30(40)36(32(42)34(28)24-7-3-1-4-8-24)26-15-11-22(12-16-26)19-23-13-17-27(18-14-23)37-31(41)21-29(39)35(33(37)43)25-9-5-2-6-10-25/h1-18H,19-21H2. The van der Waals surface area contributed by atoms with Crippen LogP contribution in [-0.2, 0) is 25.6 Å². The molecule has 2 saturated heterocycles. The van der Waals surface area contributed by atoms with Gasteiger partial charge in [-0.1, -0.05) is 60.7 Å². The lowest BCUT2D eigenvalue weighted by atomic mass is 10.0. The fourth-order valence-corrected chi connectivity index (χ4v) is 5.13. The molecule has 0 radical (unpaired) electrons. The second kappa shape index (κ2) is 11.2. The first-order valence-corrected chi connectivity index (χ1v) is 13.5. The Morgan fingerprint density at radius 1 is 0.372 bits per heavy atom. The lowest BCUT2D eigenvalue weighted by molar-refractivity contribution is -0.128. The number of barbiturate groups is 2. The second-order valence-electron chi connectivity index (χ2n) is 10.0. The number of imide groups is 4. The van der Waals surface area contributed by atoms with Crippen LogP contribution in [0.15, 0.2) is 109 Å². The first kappa shape index (κ1) is 27.3. The molecule has 212 valence electrons. The van der Waals surface area contributed by atoms with Crippen LogP contribution >= 0.6 is 0 Å². The van der Waals surface area contributed by atoms with Gasteiger partial charge in [-0.25, -0.2) is 29.2 Å². The highest BCUT2D eigenvalue weighted by Crippen LogP contribution is 2.29. The van der Waals surface area contributed by atoms with E-state index in [-0.39, 0.29) is 0 Å². The van der Waals surface area contributed by atoms with E-state index in [0.717, 1.165) is 30.7 Å². The number of anilines is 4. The molecule has 0 aromatic heterocycles. The van der Waals surface area contributed by atoms with Crippen molar-refractivity contribution in [2.24, 2.45) is 0 Å². The van der Waals surface area contributed by atoms with Crippen molar-refractivity contribution in [3.8, 4) is 0 Å². The van der Waals surface area contributed by atoms with E-state index in [4.69, 9.17) is 0 Å². The minimum atomic E-state index is -0.731. The van der Waals surface area contributed by atoms with Crippen molar-refractivity contribution >= 4 is 58.4 Å². The van der Waals surface area contributed by atoms with Gasteiger partial charge in [0.05, 0.1) is 22.7 Å². The lowest BCUT2D eigenvalue weighted by Crippen LogP contribution is -2.55. The van der Waals surface area contributed by atoms with E-state index in [0.29, 0.717) is 29.2 Å². The van der Waals surface area contributed by atoms with Gasteiger partial charge in [0.2, 0.25) is 23.6 Å². The minimum Gasteiger partial charge on any atom is -0.273 e. The Kier molecular flexibility index (Phi) is 7.09. The molecule has 0 atom stereocenters. The quantitative estimate of drug-likeness (QED) is 0.299. The van der Waals surface area contributed by atoms with E-state index < -0.39 is 48.5 Å². The van der Waals surface area contributed by atoms with Crippen LogP contribution in [-0.4, -0.2) is 35.7 Å². The van der Waals surface area contributed by atoms with Crippen molar-refractivity contribution in [2.45, 2.75) is 19.3 Å². The smallest absolute Gasteiger partial charge is 0.273 e. The number of carbonyl (C=O) groups excluding carboxylic acids is 6. The normalized spacial score (nSPS) is 15.9. The van der Waals surface area contributed by atoms with Gasteiger partial charge < -0.3 is 0 Å². The number of benzene rings is 4. The van der Waals surface area contributed by atoms with Crippen LogP contribution in [0.2, 0.25) is 0 Å². The predicted molar refractivity (Wildman–Crippen MR) is 159 cm³/mol. The Bertz CT molecular complexity index is 1620. The zero-order valence-electron chi connectivity index (χ0n) is 22.8. The number of urea groups is 2. The lowest BCUT2D eigenvalue weighted by Gasteiger charge is -2.32. The van der Waals surface area contributed by atoms with Crippen LogP contribution < -0.4 is 19.6 Å². The fourth-order valence-electron chi connectivity index (χ4n) is 5.13. The Morgan fingerprint density at radius 2 is 0.651 bits per heavy atom. The summed E-state index contributed by atoms with van der Waals surface area (Å²) in [6.07, 6.45) is -0.352. The zero-order chi connectivity index (χ0) is 30.1. The predicted octanol–water partition coefficient (Wildman–Crippen LogP) is 5.06. The number of carbonyl (C=O) groups is 6. The van der Waals surface area contributed by atoms with Crippen LogP contribution in [0.5, 0.6) is 0 Å². The van der Waals surface area contributed by atoms with E-state index in [1.165, 1.54) is 0 Å². The topological polar surface area (TPSA) is 115 Å². The van der Waals surface area contributed by atoms with Crippen LogP contribution in [0, 0.1) is 0 Å². The Labute approximate surface area is 246 Å². The van der Waals surface area contributed by atoms with Crippen molar-refractivity contribution in [1.82, 2.24) is 0 Å². The molecule has 43 heavy (non-hydrogen) atoms. The second-order valence-corrected chi connectivity index (χ2v) is 10.0. The molecule has 2 heterocycles. The molecule has 2 aliphatic heterocycles. The van der Waals surface area contributed by atoms with Gasteiger partial charge in [-0.05, 0) is 66.1 Å². The Balaban J connectivity index is 1.17. The molecule has 4 aromatic rings. The number of nitrogens with zero attached hydrogens (tertiary/aromatic N) is 4. The van der Waals surface area contributed by atoms with E-state index >= 15 is 0 Å². The highest BCUT2D eigenvalue weighted by Gasteiger charge is 2.41. The van der Waals surface area contributed by atoms with Gasteiger partial charge in [-0.15, -0.1) is 0 Å². The number of rotatable bonds is 6. The highest BCUT2D eigenvalue weighted by atomic mass is 16.2. The molecule has 8 amide bonds. The molecular weight excluding hydrogens is 548 g/mol. The number of hydrogen-bond donors (Lipinski definition) is 0. The molecule has 0 N–H and O–H groups in total. The van der Waals surface area contributed by atoms with Crippen molar-refractivity contribution in [1.29, 1.82) is 0 Å². The summed E-state index contributed by atoms with van der Waals surface area (Å²) in [5.41, 5.74) is 3.25. The molecule has 0 unspecified atom stereocenters.